The van der Waals surface area contributed by atoms with Crippen LogP contribution < -0.4 is 0 Å². The predicted molar refractivity (Wildman–Crippen MR) is 61.0 cm³/mol. The van der Waals surface area contributed by atoms with Crippen molar-refractivity contribution >= 4 is 5.69 Å². The predicted octanol–water partition coefficient (Wildman–Crippen LogP) is 3.56. The fourth-order valence-corrected chi connectivity index (χ4v) is 1.75. The summed E-state index contributed by atoms with van der Waals surface area (Å²) in [7, 11) is 0. The van der Waals surface area contributed by atoms with E-state index < -0.39 is 0 Å². The molecule has 0 saturated carbocycles. The summed E-state index contributed by atoms with van der Waals surface area (Å²) in [6, 6.07) is 9.90. The molecular formula is C12H17N3. The van der Waals surface area contributed by atoms with E-state index in [1.54, 1.807) is 0 Å². The Morgan fingerprint density at radius 3 is 2.20 bits per heavy atom. The summed E-state index contributed by atoms with van der Waals surface area (Å²) < 4.78 is 0. The zero-order chi connectivity index (χ0) is 10.3. The summed E-state index contributed by atoms with van der Waals surface area (Å²) in [5.74, 6) is 0. The first-order valence-corrected chi connectivity index (χ1v) is 5.67. The minimum atomic E-state index is 0.932. The van der Waals surface area contributed by atoms with Gasteiger partial charge in [-0.05, 0) is 25.0 Å². The van der Waals surface area contributed by atoms with E-state index in [0.29, 0.717) is 0 Å². The van der Waals surface area contributed by atoms with E-state index in [9.17, 15) is 0 Å². The van der Waals surface area contributed by atoms with Crippen molar-refractivity contribution in [2.24, 2.45) is 10.3 Å². The Balaban J connectivity index is 1.92. The van der Waals surface area contributed by atoms with Gasteiger partial charge in [-0.2, -0.15) is 0 Å². The van der Waals surface area contributed by atoms with E-state index in [2.05, 4.69) is 15.3 Å². The monoisotopic (exact) mass is 203 g/mol. The summed E-state index contributed by atoms with van der Waals surface area (Å²) in [4.78, 5) is 0. The molecule has 3 heteroatoms. The van der Waals surface area contributed by atoms with Crippen molar-refractivity contribution in [3.8, 4) is 0 Å². The van der Waals surface area contributed by atoms with E-state index >= 15 is 0 Å². The Morgan fingerprint density at radius 1 is 0.867 bits per heavy atom. The number of benzene rings is 1. The van der Waals surface area contributed by atoms with Gasteiger partial charge < -0.3 is 0 Å². The van der Waals surface area contributed by atoms with Crippen molar-refractivity contribution in [2.45, 2.75) is 25.7 Å². The third-order valence-corrected chi connectivity index (χ3v) is 2.63. The number of hydrogen-bond donors (Lipinski definition) is 0. The fourth-order valence-electron chi connectivity index (χ4n) is 1.75. The molecule has 1 aliphatic heterocycles. The van der Waals surface area contributed by atoms with E-state index in [4.69, 9.17) is 0 Å². The van der Waals surface area contributed by atoms with Gasteiger partial charge in [0.2, 0.25) is 0 Å². The van der Waals surface area contributed by atoms with Crippen molar-refractivity contribution < 1.29 is 0 Å². The van der Waals surface area contributed by atoms with Gasteiger partial charge in [-0.15, -0.1) is 5.11 Å². The summed E-state index contributed by atoms with van der Waals surface area (Å²) in [6.45, 7) is 2.10. The van der Waals surface area contributed by atoms with Crippen LogP contribution in [0.25, 0.3) is 0 Å². The molecule has 0 aromatic heterocycles. The summed E-state index contributed by atoms with van der Waals surface area (Å²) in [5, 5.41) is 10.6. The lowest BCUT2D eigenvalue weighted by atomic mass is 10.2. The van der Waals surface area contributed by atoms with Gasteiger partial charge in [0.25, 0.3) is 0 Å². The van der Waals surface area contributed by atoms with Crippen LogP contribution in [-0.4, -0.2) is 18.1 Å². The summed E-state index contributed by atoms with van der Waals surface area (Å²) in [6.07, 6.45) is 5.15. The van der Waals surface area contributed by atoms with Crippen LogP contribution in [0.1, 0.15) is 25.7 Å². The van der Waals surface area contributed by atoms with Gasteiger partial charge in [-0.1, -0.05) is 36.3 Å². The fraction of sp³-hybridized carbons (Fsp3) is 0.500. The minimum absolute atomic E-state index is 0.932. The second kappa shape index (κ2) is 5.49. The maximum atomic E-state index is 4.27. The summed E-state index contributed by atoms with van der Waals surface area (Å²) in [5.41, 5.74) is 0.932. The molecule has 15 heavy (non-hydrogen) atoms. The highest BCUT2D eigenvalue weighted by molar-refractivity contribution is 5.34. The molecule has 0 aliphatic carbocycles. The molecule has 1 aliphatic rings. The Hall–Kier alpha value is -1.38. The maximum absolute atomic E-state index is 4.27. The third-order valence-electron chi connectivity index (χ3n) is 2.63. The average molecular weight is 203 g/mol. The van der Waals surface area contributed by atoms with Crippen LogP contribution in [0, 0.1) is 0 Å². The largest absolute Gasteiger partial charge is 0.278 e. The normalized spacial score (nSPS) is 18.0. The lowest BCUT2D eigenvalue weighted by molar-refractivity contribution is 0.281. The Labute approximate surface area is 90.8 Å². The van der Waals surface area contributed by atoms with Crippen LogP contribution in [0.2, 0.25) is 0 Å². The molecule has 1 aromatic carbocycles. The van der Waals surface area contributed by atoms with Gasteiger partial charge in [0.1, 0.15) is 0 Å². The molecule has 0 radical (unpaired) electrons. The quantitative estimate of drug-likeness (QED) is 0.675. The third kappa shape index (κ3) is 3.35. The van der Waals surface area contributed by atoms with E-state index in [-0.39, 0.29) is 0 Å². The topological polar surface area (TPSA) is 28.0 Å². The molecule has 1 aromatic rings. The van der Waals surface area contributed by atoms with Crippen LogP contribution in [0.3, 0.4) is 0 Å². The first kappa shape index (κ1) is 10.1. The van der Waals surface area contributed by atoms with Crippen LogP contribution in [0.5, 0.6) is 0 Å². The minimum Gasteiger partial charge on any atom is -0.278 e. The number of rotatable bonds is 2. The molecule has 0 atom stereocenters. The number of nitrogens with zero attached hydrogens (tertiary/aromatic N) is 3. The second-order valence-electron chi connectivity index (χ2n) is 3.89. The molecule has 2 rings (SSSR count). The molecule has 1 saturated heterocycles. The maximum Gasteiger partial charge on any atom is 0.0874 e. The van der Waals surface area contributed by atoms with Crippen LogP contribution in [-0.2, 0) is 0 Å². The Kier molecular flexibility index (Phi) is 3.71. The van der Waals surface area contributed by atoms with Gasteiger partial charge in [0.15, 0.2) is 0 Å². The standard InChI is InChI=1S/C12H17N3/c1-2-7-11-15(10-6-1)14-13-12-8-4-3-5-9-12/h3-5,8-9H,1-2,6-7,10-11H2. The van der Waals surface area contributed by atoms with Crippen molar-refractivity contribution in [3.63, 3.8) is 0 Å². The molecule has 0 bridgehead atoms. The molecule has 3 nitrogen and oxygen atoms in total. The van der Waals surface area contributed by atoms with E-state index in [1.807, 2.05) is 30.3 Å². The smallest absolute Gasteiger partial charge is 0.0874 e. The van der Waals surface area contributed by atoms with E-state index in [1.165, 1.54) is 25.7 Å². The zero-order valence-electron chi connectivity index (χ0n) is 8.97. The average Bonchev–Trinajstić information content (AvgIpc) is 2.56. The Bertz CT molecular complexity index is 300. The molecule has 1 fully saturated rings. The molecule has 0 amide bonds. The number of hydrogen-bond acceptors (Lipinski definition) is 2. The highest BCUT2D eigenvalue weighted by Crippen LogP contribution is 2.14. The lowest BCUT2D eigenvalue weighted by Gasteiger charge is -2.13. The van der Waals surface area contributed by atoms with Crippen LogP contribution in [0.15, 0.2) is 40.7 Å². The first-order valence-electron chi connectivity index (χ1n) is 5.67. The lowest BCUT2D eigenvalue weighted by Crippen LogP contribution is -2.16. The highest BCUT2D eigenvalue weighted by Gasteiger charge is 2.05. The van der Waals surface area contributed by atoms with Gasteiger partial charge in [0, 0.05) is 13.1 Å². The zero-order valence-corrected chi connectivity index (χ0v) is 8.97. The molecule has 0 N–H and O–H groups in total. The van der Waals surface area contributed by atoms with Gasteiger partial charge >= 0.3 is 0 Å². The molecule has 1 heterocycles. The van der Waals surface area contributed by atoms with E-state index in [0.717, 1.165) is 18.8 Å². The van der Waals surface area contributed by atoms with Crippen molar-refractivity contribution in [1.82, 2.24) is 5.01 Å². The van der Waals surface area contributed by atoms with Crippen molar-refractivity contribution in [1.29, 1.82) is 0 Å². The van der Waals surface area contributed by atoms with Gasteiger partial charge in [-0.25, -0.2) is 0 Å². The van der Waals surface area contributed by atoms with Gasteiger partial charge in [0.05, 0.1) is 5.69 Å². The molecule has 80 valence electrons. The molecule has 0 unspecified atom stereocenters. The van der Waals surface area contributed by atoms with Crippen LogP contribution in [0.4, 0.5) is 5.69 Å². The molecular weight excluding hydrogens is 186 g/mol. The van der Waals surface area contributed by atoms with Gasteiger partial charge in [-0.3, -0.25) is 5.01 Å². The second-order valence-corrected chi connectivity index (χ2v) is 3.89. The Morgan fingerprint density at radius 2 is 1.53 bits per heavy atom. The SMILES string of the molecule is c1ccc(N=NN2CCCCCC2)cc1. The van der Waals surface area contributed by atoms with Crippen molar-refractivity contribution in [2.75, 3.05) is 13.1 Å². The summed E-state index contributed by atoms with van der Waals surface area (Å²) >= 11 is 0. The van der Waals surface area contributed by atoms with Crippen LogP contribution >= 0.6 is 0 Å². The first-order chi connectivity index (χ1) is 7.45. The van der Waals surface area contributed by atoms with Crippen molar-refractivity contribution in [3.05, 3.63) is 30.3 Å². The highest BCUT2D eigenvalue weighted by atomic mass is 15.5. The molecule has 0 spiro atoms.